The highest BCUT2D eigenvalue weighted by Crippen LogP contribution is 2.34. The van der Waals surface area contributed by atoms with Gasteiger partial charge >= 0.3 is 6.03 Å². The van der Waals surface area contributed by atoms with Crippen LogP contribution >= 0.6 is 0 Å². The molecular formula is C28H29N3O3. The number of imide groups is 1. The molecule has 6 heteroatoms. The van der Waals surface area contributed by atoms with E-state index in [1.807, 2.05) is 72.8 Å². The van der Waals surface area contributed by atoms with Gasteiger partial charge in [0.05, 0.1) is 0 Å². The van der Waals surface area contributed by atoms with Gasteiger partial charge in [-0.05, 0) is 48.2 Å². The summed E-state index contributed by atoms with van der Waals surface area (Å²) in [4.78, 5) is 43.1. The van der Waals surface area contributed by atoms with Gasteiger partial charge in [0.15, 0.2) is 0 Å². The lowest BCUT2D eigenvalue weighted by Crippen LogP contribution is -2.48. The minimum absolute atomic E-state index is 0.0777. The summed E-state index contributed by atoms with van der Waals surface area (Å²) in [5.41, 5.74) is 0.301. The van der Waals surface area contributed by atoms with Crippen molar-refractivity contribution < 1.29 is 14.4 Å². The standard InChI is InChI=1S/C28H29N3O3/c1-28(24-18-10-12-20-11-8-9-17-23(20)24)26(33)30(27(34)29-28)19-25(32)31(21-13-4-2-5-14-21)22-15-6-3-7-16-22/h2,4-5,8-14,17-18,22H,3,6-7,15-16,19H2,1H3,(H,29,34). The molecule has 0 radical (unpaired) electrons. The van der Waals surface area contributed by atoms with Crippen molar-refractivity contribution in [2.45, 2.75) is 50.6 Å². The molecule has 1 atom stereocenters. The van der Waals surface area contributed by atoms with Crippen LogP contribution in [0.4, 0.5) is 10.5 Å². The number of carbonyl (C=O) groups is 3. The zero-order valence-electron chi connectivity index (χ0n) is 19.4. The molecule has 34 heavy (non-hydrogen) atoms. The molecule has 4 amide bonds. The first-order valence-electron chi connectivity index (χ1n) is 12.0. The Labute approximate surface area is 199 Å². The molecule has 0 spiro atoms. The fraction of sp³-hybridized carbons (Fsp3) is 0.321. The second-order valence-electron chi connectivity index (χ2n) is 9.36. The molecule has 6 nitrogen and oxygen atoms in total. The molecule has 174 valence electrons. The largest absolute Gasteiger partial charge is 0.325 e. The molecule has 1 unspecified atom stereocenters. The number of hydrogen-bond donors (Lipinski definition) is 1. The molecule has 0 bridgehead atoms. The maximum atomic E-state index is 13.6. The third-order valence-electron chi connectivity index (χ3n) is 7.14. The maximum absolute atomic E-state index is 13.6. The molecule has 1 heterocycles. The highest BCUT2D eigenvalue weighted by molar-refractivity contribution is 6.12. The molecule has 1 aliphatic heterocycles. The Morgan fingerprint density at radius 3 is 2.38 bits per heavy atom. The molecule has 3 aromatic rings. The summed E-state index contributed by atoms with van der Waals surface area (Å²) in [7, 11) is 0. The quantitative estimate of drug-likeness (QED) is 0.552. The Balaban J connectivity index is 1.44. The summed E-state index contributed by atoms with van der Waals surface area (Å²) in [6, 6.07) is 22.6. The molecule has 3 aromatic carbocycles. The van der Waals surface area contributed by atoms with Gasteiger partial charge < -0.3 is 10.2 Å². The van der Waals surface area contributed by atoms with Crippen LogP contribution in [0.5, 0.6) is 0 Å². The first kappa shape index (κ1) is 22.1. The molecule has 1 saturated carbocycles. The maximum Gasteiger partial charge on any atom is 0.325 e. The van der Waals surface area contributed by atoms with Crippen molar-refractivity contribution in [2.75, 3.05) is 11.4 Å². The fourth-order valence-electron chi connectivity index (χ4n) is 5.38. The van der Waals surface area contributed by atoms with Crippen LogP contribution in [0.15, 0.2) is 72.8 Å². The van der Waals surface area contributed by atoms with Crippen molar-refractivity contribution in [3.05, 3.63) is 78.4 Å². The lowest BCUT2D eigenvalue weighted by Gasteiger charge is -2.35. The predicted molar refractivity (Wildman–Crippen MR) is 132 cm³/mol. The minimum Gasteiger partial charge on any atom is -0.319 e. The summed E-state index contributed by atoms with van der Waals surface area (Å²) in [5.74, 6) is -0.636. The van der Waals surface area contributed by atoms with E-state index in [2.05, 4.69) is 5.32 Å². The minimum atomic E-state index is -1.24. The SMILES string of the molecule is CC1(c2cccc3ccccc23)NC(=O)N(CC(=O)N(c2ccccc2)C2CCCCC2)C1=O. The third kappa shape index (κ3) is 3.83. The van der Waals surface area contributed by atoms with Gasteiger partial charge in [-0.25, -0.2) is 4.79 Å². The van der Waals surface area contributed by atoms with Crippen LogP contribution in [-0.4, -0.2) is 35.3 Å². The van der Waals surface area contributed by atoms with Gasteiger partial charge in [0, 0.05) is 11.7 Å². The average Bonchev–Trinajstić information content (AvgIpc) is 3.09. The van der Waals surface area contributed by atoms with Gasteiger partial charge in [0.1, 0.15) is 12.1 Å². The van der Waals surface area contributed by atoms with Crippen LogP contribution in [0.1, 0.15) is 44.6 Å². The zero-order valence-corrected chi connectivity index (χ0v) is 19.4. The number of fused-ring (bicyclic) bond motifs is 1. The van der Waals surface area contributed by atoms with Crippen molar-refractivity contribution in [2.24, 2.45) is 0 Å². The number of para-hydroxylation sites is 1. The Kier molecular flexibility index (Phi) is 5.82. The second kappa shape index (κ2) is 8.93. The van der Waals surface area contributed by atoms with Crippen LogP contribution < -0.4 is 10.2 Å². The molecule has 1 saturated heterocycles. The van der Waals surface area contributed by atoms with Crippen LogP contribution in [0.25, 0.3) is 10.8 Å². The normalized spacial score (nSPS) is 21.0. The highest BCUT2D eigenvalue weighted by Gasteiger charge is 2.50. The van der Waals surface area contributed by atoms with Gasteiger partial charge in [0.25, 0.3) is 5.91 Å². The average molecular weight is 456 g/mol. The molecule has 2 aliphatic rings. The van der Waals surface area contributed by atoms with E-state index in [0.29, 0.717) is 0 Å². The number of nitrogens with zero attached hydrogens (tertiary/aromatic N) is 2. The molecular weight excluding hydrogens is 426 g/mol. The second-order valence-corrected chi connectivity index (χ2v) is 9.36. The lowest BCUT2D eigenvalue weighted by molar-refractivity contribution is -0.134. The van der Waals surface area contributed by atoms with Crippen molar-refractivity contribution >= 4 is 34.3 Å². The molecule has 5 rings (SSSR count). The van der Waals surface area contributed by atoms with Gasteiger partial charge in [-0.1, -0.05) is 79.9 Å². The number of hydrogen-bond acceptors (Lipinski definition) is 3. The summed E-state index contributed by atoms with van der Waals surface area (Å²) >= 11 is 0. The van der Waals surface area contributed by atoms with E-state index in [1.165, 1.54) is 6.42 Å². The Morgan fingerprint density at radius 2 is 1.62 bits per heavy atom. The summed E-state index contributed by atoms with van der Waals surface area (Å²) in [5, 5.41) is 4.76. The monoisotopic (exact) mass is 455 g/mol. The van der Waals surface area contributed by atoms with E-state index < -0.39 is 17.5 Å². The topological polar surface area (TPSA) is 69.7 Å². The number of carbonyl (C=O) groups excluding carboxylic acids is 3. The third-order valence-corrected chi connectivity index (χ3v) is 7.14. The van der Waals surface area contributed by atoms with Gasteiger partial charge in [0.2, 0.25) is 5.91 Å². The first-order valence-corrected chi connectivity index (χ1v) is 12.0. The fourth-order valence-corrected chi connectivity index (χ4v) is 5.38. The van der Waals surface area contributed by atoms with E-state index in [0.717, 1.165) is 52.6 Å². The first-order chi connectivity index (χ1) is 16.5. The van der Waals surface area contributed by atoms with Crippen LogP contribution in [0.2, 0.25) is 0 Å². The Bertz CT molecular complexity index is 1230. The molecule has 2 fully saturated rings. The number of benzene rings is 3. The van der Waals surface area contributed by atoms with Gasteiger partial charge in [-0.15, -0.1) is 0 Å². The smallest absolute Gasteiger partial charge is 0.319 e. The van der Waals surface area contributed by atoms with E-state index in [1.54, 1.807) is 11.8 Å². The van der Waals surface area contributed by atoms with Gasteiger partial charge in [-0.2, -0.15) is 0 Å². The van der Waals surface area contributed by atoms with Crippen molar-refractivity contribution in [3.63, 3.8) is 0 Å². The summed E-state index contributed by atoms with van der Waals surface area (Å²) in [6.45, 7) is 1.44. The molecule has 0 aromatic heterocycles. The van der Waals surface area contributed by atoms with E-state index in [9.17, 15) is 14.4 Å². The number of nitrogens with one attached hydrogen (secondary N) is 1. The highest BCUT2D eigenvalue weighted by atomic mass is 16.2. The number of amides is 4. The summed E-state index contributed by atoms with van der Waals surface area (Å²) < 4.78 is 0. The van der Waals surface area contributed by atoms with Crippen LogP contribution in [0, 0.1) is 0 Å². The van der Waals surface area contributed by atoms with E-state index in [4.69, 9.17) is 0 Å². The van der Waals surface area contributed by atoms with Crippen LogP contribution in [0.3, 0.4) is 0 Å². The van der Waals surface area contributed by atoms with E-state index in [-0.39, 0.29) is 18.5 Å². The van der Waals surface area contributed by atoms with Crippen molar-refractivity contribution in [3.8, 4) is 0 Å². The number of urea groups is 1. The predicted octanol–water partition coefficient (Wildman–Crippen LogP) is 4.97. The van der Waals surface area contributed by atoms with Crippen molar-refractivity contribution in [1.29, 1.82) is 0 Å². The van der Waals surface area contributed by atoms with Crippen molar-refractivity contribution in [1.82, 2.24) is 10.2 Å². The lowest BCUT2D eigenvalue weighted by atomic mass is 9.88. The number of anilines is 1. The molecule has 1 aliphatic carbocycles. The van der Waals surface area contributed by atoms with E-state index >= 15 is 0 Å². The summed E-state index contributed by atoms with van der Waals surface area (Å²) in [6.07, 6.45) is 5.17. The zero-order chi connectivity index (χ0) is 23.7. The van der Waals surface area contributed by atoms with Crippen LogP contribution in [-0.2, 0) is 15.1 Å². The Morgan fingerprint density at radius 1 is 0.941 bits per heavy atom. The Hall–Kier alpha value is -3.67. The van der Waals surface area contributed by atoms with Gasteiger partial charge in [-0.3, -0.25) is 14.5 Å². The number of rotatable bonds is 5. The molecule has 1 N–H and O–H groups in total.